The molecule has 2 rings (SSSR count). The Bertz CT molecular complexity index is 812. The Balaban J connectivity index is 2.14. The van der Waals surface area contributed by atoms with Crippen LogP contribution < -0.4 is 10.1 Å². The number of anilines is 1. The molecule has 1 heterocycles. The van der Waals surface area contributed by atoms with Crippen molar-refractivity contribution in [3.05, 3.63) is 44.2 Å². The number of nitriles is 1. The molecule has 1 amide bonds. The summed E-state index contributed by atoms with van der Waals surface area (Å²) in [7, 11) is 0. The third-order valence-electron chi connectivity index (χ3n) is 3.48. The van der Waals surface area contributed by atoms with Gasteiger partial charge < -0.3 is 10.1 Å². The van der Waals surface area contributed by atoms with Gasteiger partial charge in [-0.3, -0.25) is 4.79 Å². The molecular formula is C17H16Cl2N2O2S. The molecule has 0 fully saturated rings. The number of rotatable bonds is 5. The van der Waals surface area contributed by atoms with Crippen LogP contribution in [0.3, 0.4) is 0 Å². The molecule has 0 saturated carbocycles. The first kappa shape index (κ1) is 18.6. The van der Waals surface area contributed by atoms with Crippen LogP contribution in [-0.4, -0.2) is 12.0 Å². The van der Waals surface area contributed by atoms with E-state index in [9.17, 15) is 10.1 Å². The van der Waals surface area contributed by atoms with Gasteiger partial charge in [0.05, 0.1) is 10.6 Å². The zero-order chi connectivity index (χ0) is 17.9. The molecule has 1 aromatic heterocycles. The Morgan fingerprint density at radius 2 is 2.17 bits per heavy atom. The maximum atomic E-state index is 12.4. The molecule has 0 radical (unpaired) electrons. The fraction of sp³-hybridized carbons (Fsp3) is 0.294. The molecule has 1 atom stereocenters. The van der Waals surface area contributed by atoms with E-state index in [1.807, 2.05) is 13.8 Å². The van der Waals surface area contributed by atoms with Crippen LogP contribution in [0.25, 0.3) is 0 Å². The van der Waals surface area contributed by atoms with Gasteiger partial charge in [-0.15, -0.1) is 11.3 Å². The summed E-state index contributed by atoms with van der Waals surface area (Å²) in [5.74, 6) is 0.0299. The minimum Gasteiger partial charge on any atom is -0.479 e. The Kier molecular flexibility index (Phi) is 6.11. The topological polar surface area (TPSA) is 62.1 Å². The van der Waals surface area contributed by atoms with Crippen molar-refractivity contribution in [1.29, 1.82) is 5.26 Å². The summed E-state index contributed by atoms with van der Waals surface area (Å²) in [4.78, 5) is 13.4. The lowest BCUT2D eigenvalue weighted by atomic mass is 10.1. The number of hydrogen-bond donors (Lipinski definition) is 1. The van der Waals surface area contributed by atoms with Crippen molar-refractivity contribution >= 4 is 45.4 Å². The molecule has 0 bridgehead atoms. The minimum atomic E-state index is -0.775. The highest BCUT2D eigenvalue weighted by Crippen LogP contribution is 2.33. The largest absolute Gasteiger partial charge is 0.479 e. The predicted octanol–water partition coefficient (Wildman–Crippen LogP) is 5.20. The Labute approximate surface area is 155 Å². The van der Waals surface area contributed by atoms with Crippen molar-refractivity contribution in [2.24, 2.45) is 0 Å². The summed E-state index contributed by atoms with van der Waals surface area (Å²) in [5.41, 5.74) is 1.48. The number of benzene rings is 1. The van der Waals surface area contributed by atoms with Crippen LogP contribution in [0, 0.1) is 18.3 Å². The van der Waals surface area contributed by atoms with Crippen LogP contribution in [0.1, 0.15) is 29.9 Å². The normalized spacial score (nSPS) is 11.7. The molecule has 0 spiro atoms. The molecule has 24 heavy (non-hydrogen) atoms. The number of nitrogens with zero attached hydrogens (tertiary/aromatic N) is 1. The maximum absolute atomic E-state index is 12.4. The van der Waals surface area contributed by atoms with Crippen molar-refractivity contribution in [3.63, 3.8) is 0 Å². The maximum Gasteiger partial charge on any atom is 0.265 e. The molecule has 1 unspecified atom stereocenters. The van der Waals surface area contributed by atoms with Gasteiger partial charge in [0.1, 0.15) is 16.8 Å². The third-order valence-corrected chi connectivity index (χ3v) is 5.07. The quantitative estimate of drug-likeness (QED) is 0.772. The molecular weight excluding hydrogens is 367 g/mol. The van der Waals surface area contributed by atoms with Crippen LogP contribution in [0.2, 0.25) is 10.0 Å². The van der Waals surface area contributed by atoms with Crippen LogP contribution in [-0.2, 0) is 11.2 Å². The number of aryl methyl sites for hydroxylation is 1. The number of nitrogens with one attached hydrogen (secondary N) is 1. The smallest absolute Gasteiger partial charge is 0.265 e. The average molecular weight is 383 g/mol. The van der Waals surface area contributed by atoms with E-state index >= 15 is 0 Å². The average Bonchev–Trinajstić information content (AvgIpc) is 2.84. The first-order chi connectivity index (χ1) is 11.4. The van der Waals surface area contributed by atoms with Gasteiger partial charge >= 0.3 is 0 Å². The van der Waals surface area contributed by atoms with E-state index in [1.54, 1.807) is 25.1 Å². The predicted molar refractivity (Wildman–Crippen MR) is 98.3 cm³/mol. The number of ether oxygens (including phenoxy) is 1. The van der Waals surface area contributed by atoms with Gasteiger partial charge in [-0.2, -0.15) is 5.26 Å². The summed E-state index contributed by atoms with van der Waals surface area (Å²) in [6.45, 7) is 5.54. The van der Waals surface area contributed by atoms with Crippen molar-refractivity contribution in [2.45, 2.75) is 33.3 Å². The van der Waals surface area contributed by atoms with Gasteiger partial charge in [0.25, 0.3) is 5.91 Å². The molecule has 126 valence electrons. The number of halogens is 2. The molecule has 1 aromatic carbocycles. The lowest BCUT2D eigenvalue weighted by Gasteiger charge is -2.15. The van der Waals surface area contributed by atoms with Crippen LogP contribution in [0.5, 0.6) is 5.75 Å². The second-order valence-electron chi connectivity index (χ2n) is 5.13. The van der Waals surface area contributed by atoms with Crippen molar-refractivity contribution in [2.75, 3.05) is 5.32 Å². The fourth-order valence-corrected chi connectivity index (χ4v) is 3.79. The highest BCUT2D eigenvalue weighted by atomic mass is 35.5. The molecule has 0 aliphatic carbocycles. The van der Waals surface area contributed by atoms with E-state index in [0.717, 1.165) is 16.9 Å². The number of carbonyl (C=O) groups is 1. The fourth-order valence-electron chi connectivity index (χ4n) is 2.24. The van der Waals surface area contributed by atoms with E-state index in [4.69, 9.17) is 27.9 Å². The van der Waals surface area contributed by atoms with Crippen molar-refractivity contribution in [1.82, 2.24) is 0 Å². The second-order valence-corrected chi connectivity index (χ2v) is 7.20. The standard InChI is InChI=1S/C17H16Cl2N2O2S/c1-4-12-10(3)24-17(13(12)8-20)21-16(22)9(2)23-15-6-5-11(18)7-14(15)19/h5-7,9H,4H2,1-3H3,(H,21,22). The first-order valence-electron chi connectivity index (χ1n) is 7.32. The molecule has 1 N–H and O–H groups in total. The van der Waals surface area contributed by atoms with Gasteiger partial charge in [0, 0.05) is 9.90 Å². The van der Waals surface area contributed by atoms with Crippen LogP contribution in [0.15, 0.2) is 18.2 Å². The molecule has 0 aliphatic heterocycles. The van der Waals surface area contributed by atoms with E-state index in [2.05, 4.69) is 11.4 Å². The summed E-state index contributed by atoms with van der Waals surface area (Å²) in [5, 5.41) is 13.5. The van der Waals surface area contributed by atoms with Crippen LogP contribution in [0.4, 0.5) is 5.00 Å². The molecule has 7 heteroatoms. The molecule has 4 nitrogen and oxygen atoms in total. The Morgan fingerprint density at radius 3 is 2.75 bits per heavy atom. The van der Waals surface area contributed by atoms with E-state index in [1.165, 1.54) is 11.3 Å². The van der Waals surface area contributed by atoms with E-state index in [0.29, 0.717) is 26.4 Å². The number of carbonyl (C=O) groups excluding carboxylic acids is 1. The summed E-state index contributed by atoms with van der Waals surface area (Å²) in [6.07, 6.45) is -0.0317. The lowest BCUT2D eigenvalue weighted by molar-refractivity contribution is -0.122. The van der Waals surface area contributed by atoms with Gasteiger partial charge in [-0.1, -0.05) is 30.1 Å². The van der Waals surface area contributed by atoms with Crippen molar-refractivity contribution < 1.29 is 9.53 Å². The minimum absolute atomic E-state index is 0.333. The molecule has 2 aromatic rings. The van der Waals surface area contributed by atoms with Gasteiger partial charge in [0.15, 0.2) is 6.10 Å². The highest BCUT2D eigenvalue weighted by molar-refractivity contribution is 7.16. The van der Waals surface area contributed by atoms with Crippen molar-refractivity contribution in [3.8, 4) is 11.8 Å². The number of hydrogen-bond acceptors (Lipinski definition) is 4. The molecule has 0 saturated heterocycles. The third kappa shape index (κ3) is 4.02. The molecule has 0 aliphatic rings. The lowest BCUT2D eigenvalue weighted by Crippen LogP contribution is -2.30. The Hall–Kier alpha value is -1.74. The summed E-state index contributed by atoms with van der Waals surface area (Å²) in [6, 6.07) is 6.96. The van der Waals surface area contributed by atoms with E-state index < -0.39 is 6.10 Å². The monoisotopic (exact) mass is 382 g/mol. The Morgan fingerprint density at radius 1 is 1.46 bits per heavy atom. The highest BCUT2D eigenvalue weighted by Gasteiger charge is 2.21. The van der Waals surface area contributed by atoms with Gasteiger partial charge in [-0.25, -0.2) is 0 Å². The van der Waals surface area contributed by atoms with E-state index in [-0.39, 0.29) is 5.91 Å². The number of amides is 1. The zero-order valence-electron chi connectivity index (χ0n) is 13.4. The summed E-state index contributed by atoms with van der Waals surface area (Å²) < 4.78 is 5.59. The first-order valence-corrected chi connectivity index (χ1v) is 8.89. The van der Waals surface area contributed by atoms with Crippen LogP contribution >= 0.6 is 34.5 Å². The summed E-state index contributed by atoms with van der Waals surface area (Å²) >= 11 is 13.3. The SMILES string of the molecule is CCc1c(C)sc(NC(=O)C(C)Oc2ccc(Cl)cc2Cl)c1C#N. The van der Waals surface area contributed by atoms with Gasteiger partial charge in [-0.05, 0) is 44.0 Å². The number of thiophene rings is 1. The second kappa shape index (κ2) is 7.89. The zero-order valence-corrected chi connectivity index (χ0v) is 15.8. The van der Waals surface area contributed by atoms with Gasteiger partial charge in [0.2, 0.25) is 0 Å².